The van der Waals surface area contributed by atoms with Crippen LogP contribution >= 0.6 is 0 Å². The van der Waals surface area contributed by atoms with E-state index < -0.39 is 0 Å². The van der Waals surface area contributed by atoms with Crippen LogP contribution < -0.4 is 10.1 Å². The first-order valence-corrected chi connectivity index (χ1v) is 7.52. The highest BCUT2D eigenvalue weighted by Crippen LogP contribution is 2.24. The SMILES string of the molecule is CCCOc1ccccc1NC(=O)c1ccc2nccnc2c1. The number of hydrogen-bond acceptors (Lipinski definition) is 4. The number of carbonyl (C=O) groups excluding carboxylic acids is 1. The molecule has 1 aromatic heterocycles. The standard InChI is InChI=1S/C18H17N3O2/c1-2-11-23-17-6-4-3-5-15(17)21-18(22)13-7-8-14-16(12-13)20-10-9-19-14/h3-10,12H,2,11H2,1H3,(H,21,22). The van der Waals surface area contributed by atoms with Crippen molar-refractivity contribution in [3.63, 3.8) is 0 Å². The number of ether oxygens (including phenoxy) is 1. The summed E-state index contributed by atoms with van der Waals surface area (Å²) in [4.78, 5) is 20.9. The third-order valence-corrected chi connectivity index (χ3v) is 3.33. The van der Waals surface area contributed by atoms with Gasteiger partial charge in [0.1, 0.15) is 5.75 Å². The van der Waals surface area contributed by atoms with Gasteiger partial charge in [0.05, 0.1) is 23.3 Å². The Morgan fingerprint density at radius 1 is 1.09 bits per heavy atom. The first-order chi connectivity index (χ1) is 11.3. The summed E-state index contributed by atoms with van der Waals surface area (Å²) >= 11 is 0. The fourth-order valence-electron chi connectivity index (χ4n) is 2.21. The van der Waals surface area contributed by atoms with E-state index in [0.29, 0.717) is 29.1 Å². The van der Waals surface area contributed by atoms with Gasteiger partial charge in [0.2, 0.25) is 0 Å². The number of benzene rings is 2. The van der Waals surface area contributed by atoms with E-state index in [2.05, 4.69) is 15.3 Å². The fraction of sp³-hybridized carbons (Fsp3) is 0.167. The van der Waals surface area contributed by atoms with Gasteiger partial charge >= 0.3 is 0 Å². The first-order valence-electron chi connectivity index (χ1n) is 7.52. The number of nitrogens with zero attached hydrogens (tertiary/aromatic N) is 2. The molecule has 5 heteroatoms. The minimum Gasteiger partial charge on any atom is -0.491 e. The number of nitrogens with one attached hydrogen (secondary N) is 1. The molecule has 23 heavy (non-hydrogen) atoms. The van der Waals surface area contributed by atoms with E-state index in [1.165, 1.54) is 0 Å². The van der Waals surface area contributed by atoms with E-state index in [-0.39, 0.29) is 5.91 Å². The van der Waals surface area contributed by atoms with Crippen LogP contribution in [0.3, 0.4) is 0 Å². The minimum absolute atomic E-state index is 0.204. The highest BCUT2D eigenvalue weighted by Gasteiger charge is 2.10. The summed E-state index contributed by atoms with van der Waals surface area (Å²) in [6, 6.07) is 12.7. The van der Waals surface area contributed by atoms with Crippen molar-refractivity contribution in [1.82, 2.24) is 9.97 Å². The zero-order valence-corrected chi connectivity index (χ0v) is 12.8. The molecule has 0 aliphatic heterocycles. The van der Waals surface area contributed by atoms with Crippen molar-refractivity contribution in [2.45, 2.75) is 13.3 Å². The second-order valence-corrected chi connectivity index (χ2v) is 5.06. The van der Waals surface area contributed by atoms with E-state index >= 15 is 0 Å². The molecule has 1 N–H and O–H groups in total. The molecule has 0 aliphatic rings. The van der Waals surface area contributed by atoms with Gasteiger partial charge in [0, 0.05) is 18.0 Å². The van der Waals surface area contributed by atoms with Crippen LogP contribution in [0.5, 0.6) is 5.75 Å². The van der Waals surface area contributed by atoms with Crippen molar-refractivity contribution in [3.8, 4) is 5.75 Å². The number of amides is 1. The monoisotopic (exact) mass is 307 g/mol. The Bertz CT molecular complexity index is 833. The quantitative estimate of drug-likeness (QED) is 0.781. The maximum absolute atomic E-state index is 12.5. The molecule has 2 aromatic carbocycles. The molecule has 3 aromatic rings. The van der Waals surface area contributed by atoms with Crippen LogP contribution in [0.2, 0.25) is 0 Å². The lowest BCUT2D eigenvalue weighted by Crippen LogP contribution is -2.13. The van der Waals surface area contributed by atoms with Crippen LogP contribution in [0.1, 0.15) is 23.7 Å². The van der Waals surface area contributed by atoms with Crippen LogP contribution in [0, 0.1) is 0 Å². The molecule has 0 fully saturated rings. The third-order valence-electron chi connectivity index (χ3n) is 3.33. The van der Waals surface area contributed by atoms with Crippen molar-refractivity contribution in [2.24, 2.45) is 0 Å². The largest absolute Gasteiger partial charge is 0.491 e. The second-order valence-electron chi connectivity index (χ2n) is 5.06. The molecular formula is C18H17N3O2. The molecule has 116 valence electrons. The average molecular weight is 307 g/mol. The van der Waals surface area contributed by atoms with Gasteiger partial charge < -0.3 is 10.1 Å². The summed E-state index contributed by atoms with van der Waals surface area (Å²) in [5, 5.41) is 2.89. The molecule has 1 heterocycles. The third kappa shape index (κ3) is 3.45. The van der Waals surface area contributed by atoms with E-state index in [0.717, 1.165) is 11.9 Å². The number of para-hydroxylation sites is 2. The number of carbonyl (C=O) groups is 1. The van der Waals surface area contributed by atoms with Crippen molar-refractivity contribution >= 4 is 22.6 Å². The molecule has 0 saturated heterocycles. The van der Waals surface area contributed by atoms with Gasteiger partial charge in [0.15, 0.2) is 0 Å². The molecule has 3 rings (SSSR count). The lowest BCUT2D eigenvalue weighted by Gasteiger charge is -2.12. The number of hydrogen-bond donors (Lipinski definition) is 1. The van der Waals surface area contributed by atoms with Gasteiger partial charge in [-0.05, 0) is 36.8 Å². The van der Waals surface area contributed by atoms with Gasteiger partial charge in [-0.15, -0.1) is 0 Å². The molecule has 1 amide bonds. The highest BCUT2D eigenvalue weighted by molar-refractivity contribution is 6.06. The summed E-state index contributed by atoms with van der Waals surface area (Å²) in [5.74, 6) is 0.466. The normalized spacial score (nSPS) is 10.5. The topological polar surface area (TPSA) is 64.1 Å². The molecule has 0 bridgehead atoms. The van der Waals surface area contributed by atoms with Crippen molar-refractivity contribution in [2.75, 3.05) is 11.9 Å². The second kappa shape index (κ2) is 6.87. The van der Waals surface area contributed by atoms with Crippen LogP contribution in [-0.2, 0) is 0 Å². The van der Waals surface area contributed by atoms with Gasteiger partial charge in [-0.25, -0.2) is 0 Å². The molecular weight excluding hydrogens is 290 g/mol. The summed E-state index contributed by atoms with van der Waals surface area (Å²) in [5.41, 5.74) is 2.64. The van der Waals surface area contributed by atoms with Crippen molar-refractivity contribution < 1.29 is 9.53 Å². The van der Waals surface area contributed by atoms with Crippen molar-refractivity contribution in [1.29, 1.82) is 0 Å². The van der Waals surface area contributed by atoms with Crippen LogP contribution in [0.25, 0.3) is 11.0 Å². The number of rotatable bonds is 5. The average Bonchev–Trinajstić information content (AvgIpc) is 2.60. The smallest absolute Gasteiger partial charge is 0.255 e. The molecule has 0 aliphatic carbocycles. The summed E-state index contributed by atoms with van der Waals surface area (Å²) in [7, 11) is 0. The zero-order chi connectivity index (χ0) is 16.1. The van der Waals surface area contributed by atoms with Crippen LogP contribution in [-0.4, -0.2) is 22.5 Å². The highest BCUT2D eigenvalue weighted by atomic mass is 16.5. The Balaban J connectivity index is 1.83. The Hall–Kier alpha value is -2.95. The predicted molar refractivity (Wildman–Crippen MR) is 89.7 cm³/mol. The number of anilines is 1. The van der Waals surface area contributed by atoms with Gasteiger partial charge in [-0.1, -0.05) is 19.1 Å². The summed E-state index contributed by atoms with van der Waals surface area (Å²) in [6.45, 7) is 2.65. The molecule has 0 radical (unpaired) electrons. The maximum atomic E-state index is 12.5. The van der Waals surface area contributed by atoms with Gasteiger partial charge in [-0.2, -0.15) is 0 Å². The Kier molecular flexibility index (Phi) is 4.47. The van der Waals surface area contributed by atoms with Crippen molar-refractivity contribution in [3.05, 3.63) is 60.4 Å². The minimum atomic E-state index is -0.204. The number of fused-ring (bicyclic) bond motifs is 1. The maximum Gasteiger partial charge on any atom is 0.255 e. The van der Waals surface area contributed by atoms with Crippen LogP contribution in [0.4, 0.5) is 5.69 Å². The molecule has 0 spiro atoms. The molecule has 0 saturated carbocycles. The Morgan fingerprint density at radius 2 is 1.87 bits per heavy atom. The van der Waals surface area contributed by atoms with Gasteiger partial charge in [0.25, 0.3) is 5.91 Å². The Labute approximate surface area is 134 Å². The number of aromatic nitrogens is 2. The summed E-state index contributed by atoms with van der Waals surface area (Å²) < 4.78 is 5.66. The first kappa shape index (κ1) is 15.0. The fourth-order valence-corrected chi connectivity index (χ4v) is 2.21. The lowest BCUT2D eigenvalue weighted by atomic mass is 10.1. The van der Waals surface area contributed by atoms with E-state index in [4.69, 9.17) is 4.74 Å². The Morgan fingerprint density at radius 3 is 2.70 bits per heavy atom. The van der Waals surface area contributed by atoms with Crippen LogP contribution in [0.15, 0.2) is 54.9 Å². The molecule has 0 atom stereocenters. The van der Waals surface area contributed by atoms with E-state index in [1.54, 1.807) is 30.6 Å². The predicted octanol–water partition coefficient (Wildman–Crippen LogP) is 3.67. The lowest BCUT2D eigenvalue weighted by molar-refractivity contribution is 0.102. The van der Waals surface area contributed by atoms with E-state index in [9.17, 15) is 4.79 Å². The molecule has 5 nitrogen and oxygen atoms in total. The summed E-state index contributed by atoms with van der Waals surface area (Å²) in [6.07, 6.45) is 4.15. The van der Waals surface area contributed by atoms with E-state index in [1.807, 2.05) is 31.2 Å². The zero-order valence-electron chi connectivity index (χ0n) is 12.8. The molecule has 0 unspecified atom stereocenters. The van der Waals surface area contributed by atoms with Gasteiger partial charge in [-0.3, -0.25) is 14.8 Å².